The predicted molar refractivity (Wildman–Crippen MR) is 73.6 cm³/mol. The van der Waals surface area contributed by atoms with E-state index in [0.29, 0.717) is 32.2 Å². The minimum atomic E-state index is -0.130. The van der Waals surface area contributed by atoms with Gasteiger partial charge in [0.1, 0.15) is 0 Å². The fraction of sp³-hybridized carbons (Fsp3) is 0.857. The molecule has 19 heavy (non-hydrogen) atoms. The van der Waals surface area contributed by atoms with Crippen molar-refractivity contribution in [3.05, 3.63) is 0 Å². The van der Waals surface area contributed by atoms with Crippen LogP contribution in [0.15, 0.2) is 0 Å². The fourth-order valence-corrected chi connectivity index (χ4v) is 2.23. The van der Waals surface area contributed by atoms with E-state index in [1.54, 1.807) is 0 Å². The molecule has 0 saturated carbocycles. The number of hydrogen-bond donors (Lipinski definition) is 1. The van der Waals surface area contributed by atoms with Crippen molar-refractivity contribution in [1.82, 2.24) is 10.2 Å². The van der Waals surface area contributed by atoms with Gasteiger partial charge in [-0.2, -0.15) is 0 Å². The van der Waals surface area contributed by atoms with Crippen molar-refractivity contribution in [2.75, 3.05) is 32.8 Å². The largest absolute Gasteiger partial charge is 0.466 e. The topological polar surface area (TPSA) is 58.6 Å². The molecule has 0 aromatic carbocycles. The lowest BCUT2D eigenvalue weighted by Crippen LogP contribution is -2.45. The molecule has 0 spiro atoms. The first kappa shape index (κ1) is 16.0. The van der Waals surface area contributed by atoms with Gasteiger partial charge < -0.3 is 10.1 Å². The molecule has 0 radical (unpaired) electrons. The Morgan fingerprint density at radius 1 is 1.42 bits per heavy atom. The Morgan fingerprint density at radius 2 is 2.16 bits per heavy atom. The molecule has 1 N–H and O–H groups in total. The van der Waals surface area contributed by atoms with Crippen LogP contribution in [-0.2, 0) is 14.3 Å². The third-order valence-corrected chi connectivity index (χ3v) is 3.20. The molecule has 0 bridgehead atoms. The zero-order valence-electron chi connectivity index (χ0n) is 12.3. The van der Waals surface area contributed by atoms with E-state index in [-0.39, 0.29) is 17.8 Å². The summed E-state index contributed by atoms with van der Waals surface area (Å²) in [4.78, 5) is 25.5. The van der Waals surface area contributed by atoms with Crippen molar-refractivity contribution >= 4 is 11.9 Å². The Bertz CT molecular complexity index is 305. The Morgan fingerprint density at radius 3 is 2.79 bits per heavy atom. The third-order valence-electron chi connectivity index (χ3n) is 3.20. The highest BCUT2D eigenvalue weighted by atomic mass is 16.5. The van der Waals surface area contributed by atoms with Crippen LogP contribution in [0.2, 0.25) is 0 Å². The van der Waals surface area contributed by atoms with Crippen LogP contribution in [0, 0.1) is 11.8 Å². The van der Waals surface area contributed by atoms with E-state index in [0.717, 1.165) is 19.4 Å². The molecule has 1 saturated heterocycles. The predicted octanol–water partition coefficient (Wildman–Crippen LogP) is 1.03. The zero-order chi connectivity index (χ0) is 14.3. The average molecular weight is 270 g/mol. The van der Waals surface area contributed by atoms with Gasteiger partial charge in [-0.05, 0) is 32.2 Å². The lowest BCUT2D eigenvalue weighted by molar-refractivity contribution is -0.150. The quantitative estimate of drug-likeness (QED) is 0.733. The summed E-state index contributed by atoms with van der Waals surface area (Å²) in [6.07, 6.45) is 1.81. The van der Waals surface area contributed by atoms with Gasteiger partial charge in [0, 0.05) is 13.1 Å². The van der Waals surface area contributed by atoms with E-state index >= 15 is 0 Å². The number of piperidine rings is 1. The standard InChI is InChI=1S/C14H26N2O3/c1-4-19-14(18)12-6-5-7-16(9-12)10-13(17)15-8-11(2)3/h11-12H,4-10H2,1-3H3,(H,15,17). The molecule has 1 amide bonds. The molecule has 0 aromatic rings. The highest BCUT2D eigenvalue weighted by Crippen LogP contribution is 2.17. The van der Waals surface area contributed by atoms with Gasteiger partial charge in [0.2, 0.25) is 5.91 Å². The molecule has 0 aliphatic carbocycles. The molecule has 5 heteroatoms. The molecule has 1 aliphatic heterocycles. The van der Waals surface area contributed by atoms with Gasteiger partial charge in [-0.3, -0.25) is 14.5 Å². The van der Waals surface area contributed by atoms with Gasteiger partial charge in [0.05, 0.1) is 19.1 Å². The van der Waals surface area contributed by atoms with E-state index in [1.165, 1.54) is 0 Å². The number of esters is 1. The maximum absolute atomic E-state index is 11.7. The second kappa shape index (κ2) is 8.15. The highest BCUT2D eigenvalue weighted by Gasteiger charge is 2.27. The SMILES string of the molecule is CCOC(=O)C1CCCN(CC(=O)NCC(C)C)C1. The van der Waals surface area contributed by atoms with Gasteiger partial charge in [-0.15, -0.1) is 0 Å². The Hall–Kier alpha value is -1.10. The number of carbonyl (C=O) groups is 2. The summed E-state index contributed by atoms with van der Waals surface area (Å²) >= 11 is 0. The second-order valence-electron chi connectivity index (χ2n) is 5.52. The Balaban J connectivity index is 2.34. The van der Waals surface area contributed by atoms with Gasteiger partial charge in [0.25, 0.3) is 0 Å². The van der Waals surface area contributed by atoms with Crippen molar-refractivity contribution in [2.45, 2.75) is 33.6 Å². The normalized spacial score (nSPS) is 20.3. The summed E-state index contributed by atoms with van der Waals surface area (Å²) in [5.74, 6) is 0.289. The molecule has 1 fully saturated rings. The summed E-state index contributed by atoms with van der Waals surface area (Å²) in [6.45, 7) is 8.97. The summed E-state index contributed by atoms with van der Waals surface area (Å²) in [7, 11) is 0. The van der Waals surface area contributed by atoms with Crippen molar-refractivity contribution in [3.8, 4) is 0 Å². The summed E-state index contributed by atoms with van der Waals surface area (Å²) < 4.78 is 5.05. The van der Waals surface area contributed by atoms with Crippen LogP contribution in [-0.4, -0.2) is 49.6 Å². The van der Waals surface area contributed by atoms with Gasteiger partial charge >= 0.3 is 5.97 Å². The number of rotatable bonds is 6. The molecular weight excluding hydrogens is 244 g/mol. The van der Waals surface area contributed by atoms with Crippen molar-refractivity contribution in [3.63, 3.8) is 0 Å². The number of hydrogen-bond acceptors (Lipinski definition) is 4. The Kier molecular flexibility index (Phi) is 6.84. The van der Waals surface area contributed by atoms with Gasteiger partial charge in [0.15, 0.2) is 0 Å². The van der Waals surface area contributed by atoms with Crippen molar-refractivity contribution in [1.29, 1.82) is 0 Å². The second-order valence-corrected chi connectivity index (χ2v) is 5.52. The van der Waals surface area contributed by atoms with E-state index in [9.17, 15) is 9.59 Å². The fourth-order valence-electron chi connectivity index (χ4n) is 2.23. The first-order valence-electron chi connectivity index (χ1n) is 7.18. The average Bonchev–Trinajstić information content (AvgIpc) is 2.37. The van der Waals surface area contributed by atoms with E-state index in [1.807, 2.05) is 11.8 Å². The Labute approximate surface area is 115 Å². The molecular formula is C14H26N2O3. The van der Waals surface area contributed by atoms with E-state index < -0.39 is 0 Å². The summed E-state index contributed by atoms with van der Waals surface area (Å²) in [5, 5.41) is 2.90. The van der Waals surface area contributed by atoms with Crippen molar-refractivity contribution < 1.29 is 14.3 Å². The van der Waals surface area contributed by atoms with Crippen LogP contribution in [0.4, 0.5) is 0 Å². The molecule has 1 atom stereocenters. The summed E-state index contributed by atoms with van der Waals surface area (Å²) in [6, 6.07) is 0. The van der Waals surface area contributed by atoms with Crippen LogP contribution in [0.5, 0.6) is 0 Å². The smallest absolute Gasteiger partial charge is 0.310 e. The van der Waals surface area contributed by atoms with Crippen molar-refractivity contribution in [2.24, 2.45) is 11.8 Å². The molecule has 110 valence electrons. The third kappa shape index (κ3) is 6.05. The number of amides is 1. The number of likely N-dealkylation sites (tertiary alicyclic amines) is 1. The minimum absolute atomic E-state index is 0.0400. The molecule has 1 unspecified atom stereocenters. The lowest BCUT2D eigenvalue weighted by atomic mass is 9.98. The highest BCUT2D eigenvalue weighted by molar-refractivity contribution is 5.78. The van der Waals surface area contributed by atoms with Crippen LogP contribution in [0.1, 0.15) is 33.6 Å². The maximum atomic E-state index is 11.7. The molecule has 5 nitrogen and oxygen atoms in total. The number of ether oxygens (including phenoxy) is 1. The van der Waals surface area contributed by atoms with Crippen LogP contribution in [0.25, 0.3) is 0 Å². The molecule has 1 rings (SSSR count). The first-order chi connectivity index (χ1) is 9.02. The number of nitrogens with zero attached hydrogens (tertiary/aromatic N) is 1. The number of carbonyl (C=O) groups excluding carboxylic acids is 2. The van der Waals surface area contributed by atoms with Gasteiger partial charge in [-0.25, -0.2) is 0 Å². The van der Waals surface area contributed by atoms with E-state index in [4.69, 9.17) is 4.74 Å². The first-order valence-corrected chi connectivity index (χ1v) is 7.18. The minimum Gasteiger partial charge on any atom is -0.466 e. The summed E-state index contributed by atoms with van der Waals surface area (Å²) in [5.41, 5.74) is 0. The molecule has 1 aliphatic rings. The van der Waals surface area contributed by atoms with E-state index in [2.05, 4.69) is 19.2 Å². The van der Waals surface area contributed by atoms with Crippen LogP contribution < -0.4 is 5.32 Å². The molecule has 0 aromatic heterocycles. The number of nitrogens with one attached hydrogen (secondary N) is 1. The molecule has 1 heterocycles. The lowest BCUT2D eigenvalue weighted by Gasteiger charge is -2.30. The van der Waals surface area contributed by atoms with Gasteiger partial charge in [-0.1, -0.05) is 13.8 Å². The monoisotopic (exact) mass is 270 g/mol. The van der Waals surface area contributed by atoms with Crippen LogP contribution >= 0.6 is 0 Å². The van der Waals surface area contributed by atoms with Crippen LogP contribution in [0.3, 0.4) is 0 Å². The zero-order valence-corrected chi connectivity index (χ0v) is 12.3. The maximum Gasteiger partial charge on any atom is 0.310 e.